The smallest absolute Gasteiger partial charge is 0.257 e. The normalized spacial score (nSPS) is 19.6. The average molecular weight is 396 g/mol. The van der Waals surface area contributed by atoms with Crippen molar-refractivity contribution in [2.75, 3.05) is 32.8 Å². The van der Waals surface area contributed by atoms with E-state index in [0.29, 0.717) is 44.9 Å². The Labute approximate surface area is 171 Å². The second-order valence-corrected chi connectivity index (χ2v) is 7.62. The molecule has 2 saturated heterocycles. The number of benzene rings is 1. The Morgan fingerprint density at radius 3 is 2.48 bits per heavy atom. The molecule has 0 bridgehead atoms. The van der Waals surface area contributed by atoms with Crippen LogP contribution in [0, 0.1) is 0 Å². The van der Waals surface area contributed by atoms with Crippen LogP contribution in [0.25, 0.3) is 0 Å². The zero-order valence-corrected chi connectivity index (χ0v) is 16.9. The fourth-order valence-electron chi connectivity index (χ4n) is 4.13. The van der Waals surface area contributed by atoms with E-state index < -0.39 is 0 Å². The van der Waals surface area contributed by atoms with Gasteiger partial charge >= 0.3 is 0 Å². The van der Waals surface area contributed by atoms with Gasteiger partial charge in [0.05, 0.1) is 24.0 Å². The Hall–Kier alpha value is -2.67. The van der Waals surface area contributed by atoms with E-state index in [1.807, 2.05) is 39.6 Å². The highest BCUT2D eigenvalue weighted by atomic mass is 16.5. The maximum Gasteiger partial charge on any atom is 0.257 e. The number of hydrogen-bond acceptors (Lipinski definition) is 4. The van der Waals surface area contributed by atoms with Crippen LogP contribution in [0.5, 0.6) is 0 Å². The summed E-state index contributed by atoms with van der Waals surface area (Å²) in [5.74, 6) is 0.0740. The Kier molecular flexibility index (Phi) is 5.94. The van der Waals surface area contributed by atoms with Crippen LogP contribution in [0.4, 0.5) is 0 Å². The summed E-state index contributed by atoms with van der Waals surface area (Å²) in [6.07, 6.45) is 3.89. The van der Waals surface area contributed by atoms with Crippen molar-refractivity contribution < 1.29 is 14.3 Å². The van der Waals surface area contributed by atoms with Gasteiger partial charge in [0.2, 0.25) is 0 Å². The lowest BCUT2D eigenvalue weighted by molar-refractivity contribution is -0.142. The number of carbonyl (C=O) groups excluding carboxylic acids is 2. The Balaban J connectivity index is 1.40. The summed E-state index contributed by atoms with van der Waals surface area (Å²) < 4.78 is 7.43. The van der Waals surface area contributed by atoms with Crippen molar-refractivity contribution >= 4 is 11.8 Å². The number of rotatable bonds is 5. The van der Waals surface area contributed by atoms with E-state index in [1.165, 1.54) is 0 Å². The fourth-order valence-corrected chi connectivity index (χ4v) is 4.13. The van der Waals surface area contributed by atoms with Crippen LogP contribution in [0.1, 0.15) is 41.4 Å². The lowest BCUT2D eigenvalue weighted by Crippen LogP contribution is -2.52. The van der Waals surface area contributed by atoms with Crippen molar-refractivity contribution in [3.63, 3.8) is 0 Å². The van der Waals surface area contributed by atoms with Crippen LogP contribution in [0.2, 0.25) is 0 Å². The molecular weight excluding hydrogens is 368 g/mol. The van der Waals surface area contributed by atoms with Crippen molar-refractivity contribution in [3.05, 3.63) is 53.3 Å². The fraction of sp³-hybridized carbons (Fsp3) is 0.500. The standard InChI is InChI=1S/C22H28N4O3/c1-2-19-18(15-23-26(19)16-17-7-4-3-5-8-17)21(27)24-10-12-25(13-11-24)22(28)20-9-6-14-29-20/h3-5,7-8,15,20H,2,6,9-14,16H2,1H3. The predicted octanol–water partition coefficient (Wildman–Crippen LogP) is 1.96. The molecule has 154 valence electrons. The third-order valence-corrected chi connectivity index (χ3v) is 5.77. The molecule has 2 aromatic rings. The topological polar surface area (TPSA) is 67.7 Å². The molecule has 0 saturated carbocycles. The van der Waals surface area contributed by atoms with Gasteiger partial charge in [-0.05, 0) is 24.8 Å². The SMILES string of the molecule is CCc1c(C(=O)N2CCN(C(=O)C3CCCO3)CC2)cnn1Cc1ccccc1. The van der Waals surface area contributed by atoms with E-state index in [2.05, 4.69) is 17.2 Å². The van der Waals surface area contributed by atoms with Crippen molar-refractivity contribution in [3.8, 4) is 0 Å². The minimum absolute atomic E-state index is 0.00498. The summed E-state index contributed by atoms with van der Waals surface area (Å²) in [7, 11) is 0. The summed E-state index contributed by atoms with van der Waals surface area (Å²) >= 11 is 0. The van der Waals surface area contributed by atoms with Gasteiger partial charge in [0.15, 0.2) is 0 Å². The minimum Gasteiger partial charge on any atom is -0.368 e. The summed E-state index contributed by atoms with van der Waals surface area (Å²) in [6, 6.07) is 10.1. The molecule has 2 aliphatic heterocycles. The molecule has 0 aliphatic carbocycles. The quantitative estimate of drug-likeness (QED) is 0.775. The zero-order chi connectivity index (χ0) is 20.2. The van der Waals surface area contributed by atoms with Gasteiger partial charge in [-0.15, -0.1) is 0 Å². The van der Waals surface area contributed by atoms with Crippen molar-refractivity contribution in [2.45, 2.75) is 38.8 Å². The number of carbonyl (C=O) groups is 2. The van der Waals surface area contributed by atoms with Gasteiger partial charge in [0.25, 0.3) is 11.8 Å². The van der Waals surface area contributed by atoms with E-state index in [9.17, 15) is 9.59 Å². The zero-order valence-electron chi connectivity index (χ0n) is 16.9. The average Bonchev–Trinajstić information content (AvgIpc) is 3.44. The minimum atomic E-state index is -0.292. The molecule has 1 aromatic carbocycles. The van der Waals surface area contributed by atoms with Crippen LogP contribution in [0.3, 0.4) is 0 Å². The number of nitrogens with zero attached hydrogens (tertiary/aromatic N) is 4. The third-order valence-electron chi connectivity index (χ3n) is 5.77. The Morgan fingerprint density at radius 2 is 1.83 bits per heavy atom. The van der Waals surface area contributed by atoms with E-state index in [4.69, 9.17) is 4.74 Å². The largest absolute Gasteiger partial charge is 0.368 e. The molecule has 7 nitrogen and oxygen atoms in total. The van der Waals surface area contributed by atoms with Gasteiger partial charge in [-0.3, -0.25) is 14.3 Å². The number of ether oxygens (including phenoxy) is 1. The highest BCUT2D eigenvalue weighted by Gasteiger charge is 2.32. The molecule has 2 fully saturated rings. The van der Waals surface area contributed by atoms with Crippen LogP contribution in [-0.2, 0) is 22.5 Å². The van der Waals surface area contributed by atoms with Gasteiger partial charge < -0.3 is 14.5 Å². The molecule has 3 heterocycles. The lowest BCUT2D eigenvalue weighted by atomic mass is 10.1. The van der Waals surface area contributed by atoms with Crippen molar-refractivity contribution in [2.24, 2.45) is 0 Å². The molecule has 2 amide bonds. The number of aromatic nitrogens is 2. The molecule has 1 atom stereocenters. The first-order valence-corrected chi connectivity index (χ1v) is 10.5. The second kappa shape index (κ2) is 8.78. The first-order chi connectivity index (χ1) is 14.2. The number of amides is 2. The molecule has 4 rings (SSSR count). The summed E-state index contributed by atoms with van der Waals surface area (Å²) in [5.41, 5.74) is 2.78. The van der Waals surface area contributed by atoms with Gasteiger partial charge in [-0.2, -0.15) is 5.10 Å². The summed E-state index contributed by atoms with van der Waals surface area (Å²) in [4.78, 5) is 29.3. The Morgan fingerprint density at radius 1 is 1.10 bits per heavy atom. The highest BCUT2D eigenvalue weighted by molar-refractivity contribution is 5.95. The molecular formula is C22H28N4O3. The van der Waals surface area contributed by atoms with Crippen LogP contribution < -0.4 is 0 Å². The third kappa shape index (κ3) is 4.19. The van der Waals surface area contributed by atoms with Gasteiger partial charge in [-0.1, -0.05) is 37.3 Å². The predicted molar refractivity (Wildman–Crippen MR) is 109 cm³/mol. The van der Waals surface area contributed by atoms with Gasteiger partial charge in [0, 0.05) is 32.8 Å². The van der Waals surface area contributed by atoms with Crippen LogP contribution >= 0.6 is 0 Å². The number of piperazine rings is 1. The van der Waals surface area contributed by atoms with Crippen LogP contribution in [-0.4, -0.2) is 70.3 Å². The summed E-state index contributed by atoms with van der Waals surface area (Å²) in [5, 5.41) is 4.48. The monoisotopic (exact) mass is 396 g/mol. The Bertz CT molecular complexity index is 850. The van der Waals surface area contributed by atoms with Crippen molar-refractivity contribution in [1.29, 1.82) is 0 Å². The van der Waals surface area contributed by atoms with Gasteiger partial charge in [0.1, 0.15) is 6.10 Å². The lowest BCUT2D eigenvalue weighted by Gasteiger charge is -2.35. The van der Waals surface area contributed by atoms with E-state index >= 15 is 0 Å². The van der Waals surface area contributed by atoms with Crippen molar-refractivity contribution in [1.82, 2.24) is 19.6 Å². The maximum absolute atomic E-state index is 13.1. The molecule has 2 aliphatic rings. The highest BCUT2D eigenvalue weighted by Crippen LogP contribution is 2.18. The molecule has 0 spiro atoms. The van der Waals surface area contributed by atoms with E-state index in [1.54, 1.807) is 6.20 Å². The molecule has 1 unspecified atom stereocenters. The van der Waals surface area contributed by atoms with E-state index in [-0.39, 0.29) is 17.9 Å². The molecule has 29 heavy (non-hydrogen) atoms. The first-order valence-electron chi connectivity index (χ1n) is 10.5. The molecule has 0 N–H and O–H groups in total. The summed E-state index contributed by atoms with van der Waals surface area (Å²) in [6.45, 7) is 5.58. The first kappa shape index (κ1) is 19.6. The number of hydrogen-bond donors (Lipinski definition) is 0. The molecule has 1 aromatic heterocycles. The maximum atomic E-state index is 13.1. The second-order valence-electron chi connectivity index (χ2n) is 7.62. The molecule has 0 radical (unpaired) electrons. The van der Waals surface area contributed by atoms with Gasteiger partial charge in [-0.25, -0.2) is 0 Å². The van der Waals surface area contributed by atoms with E-state index in [0.717, 1.165) is 30.5 Å². The van der Waals surface area contributed by atoms with Crippen LogP contribution in [0.15, 0.2) is 36.5 Å². The molecule has 7 heteroatoms.